The topological polar surface area (TPSA) is 81.4 Å². The summed E-state index contributed by atoms with van der Waals surface area (Å²) in [6.07, 6.45) is 0. The van der Waals surface area contributed by atoms with E-state index in [9.17, 15) is 9.59 Å². The lowest BCUT2D eigenvalue weighted by Crippen LogP contribution is -2.12. The minimum Gasteiger partial charge on any atom is -0.462 e. The van der Waals surface area contributed by atoms with E-state index >= 15 is 0 Å². The molecule has 0 saturated heterocycles. The van der Waals surface area contributed by atoms with E-state index < -0.39 is 0 Å². The van der Waals surface area contributed by atoms with Gasteiger partial charge in [0.1, 0.15) is 5.58 Å². The SMILES string of the molecule is CCOC(=O)c1ccc2nc(NCC(=O)c3cc4ccccc4o3)sc2c1. The number of ether oxygens (including phenoxy) is 1. The molecule has 0 saturated carbocycles. The third kappa shape index (κ3) is 3.54. The summed E-state index contributed by atoms with van der Waals surface area (Å²) in [6, 6.07) is 14.4. The van der Waals surface area contributed by atoms with Crippen LogP contribution in [0.4, 0.5) is 5.13 Å². The van der Waals surface area contributed by atoms with Gasteiger partial charge in [-0.2, -0.15) is 0 Å². The number of Topliss-reactive ketones (excluding diaryl/α,β-unsaturated/α-hetero) is 1. The van der Waals surface area contributed by atoms with Gasteiger partial charge in [0, 0.05) is 5.39 Å². The maximum Gasteiger partial charge on any atom is 0.338 e. The number of thiazole rings is 1. The Bertz CT molecular complexity index is 1110. The highest BCUT2D eigenvalue weighted by molar-refractivity contribution is 7.22. The maximum absolute atomic E-state index is 12.4. The normalized spacial score (nSPS) is 11.0. The van der Waals surface area contributed by atoms with Crippen molar-refractivity contribution in [2.45, 2.75) is 6.92 Å². The molecule has 0 amide bonds. The fraction of sp³-hybridized carbons (Fsp3) is 0.150. The van der Waals surface area contributed by atoms with Crippen molar-refractivity contribution in [2.75, 3.05) is 18.5 Å². The fourth-order valence-corrected chi connectivity index (χ4v) is 3.60. The summed E-state index contributed by atoms with van der Waals surface area (Å²) in [6.45, 7) is 2.17. The van der Waals surface area contributed by atoms with Crippen LogP contribution in [-0.4, -0.2) is 29.9 Å². The predicted octanol–water partition coefficient (Wildman–Crippen LogP) is 4.51. The van der Waals surface area contributed by atoms with Crippen molar-refractivity contribution in [3.63, 3.8) is 0 Å². The second-order valence-corrected chi connectivity index (χ2v) is 6.88. The van der Waals surface area contributed by atoms with Gasteiger partial charge < -0.3 is 14.5 Å². The molecule has 1 N–H and O–H groups in total. The summed E-state index contributed by atoms with van der Waals surface area (Å²) < 4.78 is 11.4. The van der Waals surface area contributed by atoms with Gasteiger partial charge in [0.05, 0.1) is 28.9 Å². The number of anilines is 1. The van der Waals surface area contributed by atoms with Crippen molar-refractivity contribution in [2.24, 2.45) is 0 Å². The van der Waals surface area contributed by atoms with E-state index in [0.29, 0.717) is 28.6 Å². The molecular formula is C20H16N2O4S. The average Bonchev–Trinajstić information content (AvgIpc) is 3.29. The van der Waals surface area contributed by atoms with E-state index in [1.54, 1.807) is 31.2 Å². The average molecular weight is 380 g/mol. The van der Waals surface area contributed by atoms with Crippen LogP contribution in [0.25, 0.3) is 21.2 Å². The Kier molecular flexibility index (Phi) is 4.60. The molecule has 0 unspecified atom stereocenters. The van der Waals surface area contributed by atoms with Gasteiger partial charge in [-0.3, -0.25) is 4.79 Å². The molecular weight excluding hydrogens is 364 g/mol. The van der Waals surface area contributed by atoms with Crippen molar-refractivity contribution in [3.8, 4) is 0 Å². The summed E-state index contributed by atoms with van der Waals surface area (Å²) >= 11 is 1.38. The van der Waals surface area contributed by atoms with Crippen LogP contribution >= 0.6 is 11.3 Å². The standard InChI is InChI=1S/C20H16N2O4S/c1-2-25-19(24)13-7-8-14-18(10-13)27-20(22-14)21-11-15(23)17-9-12-5-3-4-6-16(12)26-17/h3-10H,2,11H2,1H3,(H,21,22). The molecule has 0 radical (unpaired) electrons. The Morgan fingerprint density at radius 3 is 2.85 bits per heavy atom. The predicted molar refractivity (Wildman–Crippen MR) is 105 cm³/mol. The highest BCUT2D eigenvalue weighted by Crippen LogP contribution is 2.27. The Morgan fingerprint density at radius 1 is 1.19 bits per heavy atom. The molecule has 2 aromatic heterocycles. The van der Waals surface area contributed by atoms with E-state index in [0.717, 1.165) is 15.6 Å². The summed E-state index contributed by atoms with van der Waals surface area (Å²) in [7, 11) is 0. The van der Waals surface area contributed by atoms with Gasteiger partial charge in [0.2, 0.25) is 5.78 Å². The lowest BCUT2D eigenvalue weighted by molar-refractivity contribution is 0.0526. The lowest BCUT2D eigenvalue weighted by atomic mass is 10.2. The molecule has 0 aliphatic rings. The molecule has 2 heterocycles. The maximum atomic E-state index is 12.4. The van der Waals surface area contributed by atoms with Crippen molar-refractivity contribution in [1.29, 1.82) is 0 Å². The number of carbonyl (C=O) groups is 2. The molecule has 136 valence electrons. The first-order valence-corrected chi connectivity index (χ1v) is 9.29. The quantitative estimate of drug-likeness (QED) is 0.391. The molecule has 0 aliphatic carbocycles. The molecule has 0 bridgehead atoms. The molecule has 0 spiro atoms. The number of hydrogen-bond donors (Lipinski definition) is 1. The largest absolute Gasteiger partial charge is 0.462 e. The number of carbonyl (C=O) groups excluding carboxylic acids is 2. The highest BCUT2D eigenvalue weighted by Gasteiger charge is 2.14. The first kappa shape index (κ1) is 17.2. The first-order valence-electron chi connectivity index (χ1n) is 8.47. The number of nitrogens with one attached hydrogen (secondary N) is 1. The van der Waals surface area contributed by atoms with E-state index in [-0.39, 0.29) is 18.3 Å². The van der Waals surface area contributed by atoms with Gasteiger partial charge in [-0.05, 0) is 37.3 Å². The Hall–Kier alpha value is -3.19. The van der Waals surface area contributed by atoms with E-state index in [2.05, 4.69) is 10.3 Å². The van der Waals surface area contributed by atoms with Gasteiger partial charge >= 0.3 is 5.97 Å². The number of benzene rings is 2. The van der Waals surface area contributed by atoms with E-state index in [4.69, 9.17) is 9.15 Å². The van der Waals surface area contributed by atoms with Crippen LogP contribution in [0.15, 0.2) is 52.9 Å². The van der Waals surface area contributed by atoms with Gasteiger partial charge in [0.15, 0.2) is 10.9 Å². The van der Waals surface area contributed by atoms with Crippen molar-refractivity contribution >= 4 is 49.4 Å². The van der Waals surface area contributed by atoms with Gasteiger partial charge in [-0.25, -0.2) is 9.78 Å². The molecule has 0 atom stereocenters. The minimum atomic E-state index is -0.359. The number of rotatable bonds is 6. The third-order valence-corrected chi connectivity index (χ3v) is 4.98. The summed E-state index contributed by atoms with van der Waals surface area (Å²) in [4.78, 5) is 28.6. The molecule has 2 aromatic carbocycles. The second-order valence-electron chi connectivity index (χ2n) is 5.85. The van der Waals surface area contributed by atoms with Crippen LogP contribution in [0.5, 0.6) is 0 Å². The van der Waals surface area contributed by atoms with Crippen LogP contribution in [0.1, 0.15) is 27.8 Å². The van der Waals surface area contributed by atoms with Crippen molar-refractivity contribution < 1.29 is 18.7 Å². The smallest absolute Gasteiger partial charge is 0.338 e. The van der Waals surface area contributed by atoms with Gasteiger partial charge in [0.25, 0.3) is 0 Å². The van der Waals surface area contributed by atoms with Crippen LogP contribution in [0.2, 0.25) is 0 Å². The summed E-state index contributed by atoms with van der Waals surface area (Å²) in [5.74, 6) is -0.200. The number of ketones is 1. The number of esters is 1. The summed E-state index contributed by atoms with van der Waals surface area (Å²) in [5, 5.41) is 4.53. The molecule has 7 heteroatoms. The minimum absolute atomic E-state index is 0.0738. The molecule has 27 heavy (non-hydrogen) atoms. The molecule has 4 rings (SSSR count). The number of hydrogen-bond acceptors (Lipinski definition) is 7. The van der Waals surface area contributed by atoms with E-state index in [1.165, 1.54) is 11.3 Å². The van der Waals surface area contributed by atoms with Crippen LogP contribution in [0.3, 0.4) is 0 Å². The Morgan fingerprint density at radius 2 is 2.04 bits per heavy atom. The Labute approximate surface area is 158 Å². The van der Waals surface area contributed by atoms with E-state index in [1.807, 2.05) is 24.3 Å². The van der Waals surface area contributed by atoms with Crippen molar-refractivity contribution in [1.82, 2.24) is 4.98 Å². The van der Waals surface area contributed by atoms with Crippen molar-refractivity contribution in [3.05, 3.63) is 59.9 Å². The number of nitrogens with zero attached hydrogens (tertiary/aromatic N) is 1. The molecule has 0 fully saturated rings. The molecule has 4 aromatic rings. The van der Waals surface area contributed by atoms with Gasteiger partial charge in [-0.1, -0.05) is 29.5 Å². The monoisotopic (exact) mass is 380 g/mol. The Balaban J connectivity index is 1.48. The van der Waals surface area contributed by atoms with Crippen LogP contribution in [-0.2, 0) is 4.74 Å². The fourth-order valence-electron chi connectivity index (χ4n) is 2.70. The molecule has 0 aliphatic heterocycles. The number of furan rings is 1. The van der Waals surface area contributed by atoms with Crippen LogP contribution < -0.4 is 5.32 Å². The first-order chi connectivity index (χ1) is 13.1. The van der Waals surface area contributed by atoms with Gasteiger partial charge in [-0.15, -0.1) is 0 Å². The zero-order valence-electron chi connectivity index (χ0n) is 14.5. The third-order valence-electron chi connectivity index (χ3n) is 4.00. The number of fused-ring (bicyclic) bond motifs is 2. The number of aromatic nitrogens is 1. The number of para-hydroxylation sites is 1. The van der Waals surface area contributed by atoms with Crippen LogP contribution in [0, 0.1) is 0 Å². The summed E-state index contributed by atoms with van der Waals surface area (Å²) in [5.41, 5.74) is 1.93. The second kappa shape index (κ2) is 7.20. The zero-order chi connectivity index (χ0) is 18.8. The zero-order valence-corrected chi connectivity index (χ0v) is 15.3. The lowest BCUT2D eigenvalue weighted by Gasteiger charge is -2.00. The molecule has 6 nitrogen and oxygen atoms in total. The highest BCUT2D eigenvalue weighted by atomic mass is 32.1.